The monoisotopic (exact) mass is 309 g/mol. The molecule has 1 aliphatic carbocycles. The van der Waals surface area contributed by atoms with Gasteiger partial charge >= 0.3 is 0 Å². The molecule has 3 rings (SSSR count). The van der Waals surface area contributed by atoms with Gasteiger partial charge < -0.3 is 10.3 Å². The number of nitrogens with zero attached hydrogens (tertiary/aromatic N) is 2. The lowest BCUT2D eigenvalue weighted by Gasteiger charge is -2.25. The summed E-state index contributed by atoms with van der Waals surface area (Å²) < 4.78 is 19.2. The van der Waals surface area contributed by atoms with Gasteiger partial charge in [0.2, 0.25) is 5.89 Å². The Labute approximate surface area is 127 Å². The summed E-state index contributed by atoms with van der Waals surface area (Å²) in [5, 5.41) is 4.04. The molecule has 1 aromatic carbocycles. The van der Waals surface area contributed by atoms with Crippen LogP contribution in [0.1, 0.15) is 48.9 Å². The van der Waals surface area contributed by atoms with E-state index in [9.17, 15) is 4.39 Å². The molecule has 1 fully saturated rings. The Morgan fingerprint density at radius 2 is 2.14 bits per heavy atom. The minimum Gasteiger partial charge on any atom is -0.339 e. The first-order valence-corrected chi connectivity index (χ1v) is 7.54. The van der Waals surface area contributed by atoms with E-state index in [1.807, 2.05) is 0 Å². The minimum absolute atomic E-state index is 0.0648. The number of nitrogens with two attached hydrogens (primary N) is 1. The lowest BCUT2D eigenvalue weighted by atomic mass is 9.85. The van der Waals surface area contributed by atoms with Gasteiger partial charge in [-0.3, -0.25) is 0 Å². The Balaban J connectivity index is 1.77. The lowest BCUT2D eigenvalue weighted by molar-refractivity contribution is 0.289. The van der Waals surface area contributed by atoms with Crippen molar-refractivity contribution in [1.82, 2.24) is 10.1 Å². The standard InChI is InChI=1S/C15H17ClFN3O/c16-11-6-3-4-9(14(11)17)8-13-19-15(21-20-13)10-5-1-2-7-12(10)18/h3-4,6,10,12H,1-2,5,7-8,18H2. The highest BCUT2D eigenvalue weighted by molar-refractivity contribution is 6.30. The Bertz CT molecular complexity index is 631. The van der Waals surface area contributed by atoms with Crippen LogP contribution in [0.25, 0.3) is 0 Å². The van der Waals surface area contributed by atoms with Crippen molar-refractivity contribution in [2.45, 2.75) is 44.1 Å². The third-order valence-electron chi connectivity index (χ3n) is 4.00. The largest absolute Gasteiger partial charge is 0.339 e. The molecule has 2 aromatic rings. The van der Waals surface area contributed by atoms with Crippen molar-refractivity contribution in [3.8, 4) is 0 Å². The summed E-state index contributed by atoms with van der Waals surface area (Å²) in [7, 11) is 0. The summed E-state index contributed by atoms with van der Waals surface area (Å²) in [4.78, 5) is 4.38. The van der Waals surface area contributed by atoms with Crippen LogP contribution in [-0.2, 0) is 6.42 Å². The fourth-order valence-electron chi connectivity index (χ4n) is 2.81. The van der Waals surface area contributed by atoms with Gasteiger partial charge in [-0.15, -0.1) is 0 Å². The van der Waals surface area contributed by atoms with Gasteiger partial charge in [-0.25, -0.2) is 4.39 Å². The van der Waals surface area contributed by atoms with Gasteiger partial charge in [0.1, 0.15) is 5.82 Å². The van der Waals surface area contributed by atoms with Crippen molar-refractivity contribution in [1.29, 1.82) is 0 Å². The van der Waals surface area contributed by atoms with Gasteiger partial charge in [0.25, 0.3) is 0 Å². The Hall–Kier alpha value is -1.46. The zero-order chi connectivity index (χ0) is 14.8. The van der Waals surface area contributed by atoms with Crippen LogP contribution in [0.15, 0.2) is 22.7 Å². The third kappa shape index (κ3) is 3.09. The van der Waals surface area contributed by atoms with Crippen LogP contribution in [0.2, 0.25) is 5.02 Å². The molecule has 2 unspecified atom stereocenters. The average Bonchev–Trinajstić information content (AvgIpc) is 2.93. The summed E-state index contributed by atoms with van der Waals surface area (Å²) in [5.74, 6) is 0.715. The number of benzene rings is 1. The highest BCUT2D eigenvalue weighted by atomic mass is 35.5. The molecule has 0 bridgehead atoms. The maximum Gasteiger partial charge on any atom is 0.231 e. The molecule has 2 N–H and O–H groups in total. The van der Waals surface area contributed by atoms with Gasteiger partial charge in [0.05, 0.1) is 10.9 Å². The van der Waals surface area contributed by atoms with Crippen molar-refractivity contribution in [3.63, 3.8) is 0 Å². The molecule has 0 saturated heterocycles. The fourth-order valence-corrected chi connectivity index (χ4v) is 3.01. The van der Waals surface area contributed by atoms with E-state index in [1.54, 1.807) is 12.1 Å². The van der Waals surface area contributed by atoms with E-state index in [2.05, 4.69) is 10.1 Å². The first kappa shape index (κ1) is 14.5. The molecular weight excluding hydrogens is 293 g/mol. The maximum absolute atomic E-state index is 13.9. The lowest BCUT2D eigenvalue weighted by Crippen LogP contribution is -2.31. The highest BCUT2D eigenvalue weighted by Crippen LogP contribution is 2.31. The predicted octanol–water partition coefficient (Wildman–Crippen LogP) is 3.44. The van der Waals surface area contributed by atoms with E-state index in [0.717, 1.165) is 25.7 Å². The van der Waals surface area contributed by atoms with E-state index >= 15 is 0 Å². The van der Waals surface area contributed by atoms with E-state index in [0.29, 0.717) is 17.3 Å². The number of rotatable bonds is 3. The smallest absolute Gasteiger partial charge is 0.231 e. The molecule has 2 atom stereocenters. The molecule has 112 valence electrons. The third-order valence-corrected chi connectivity index (χ3v) is 4.29. The van der Waals surface area contributed by atoms with Crippen molar-refractivity contribution in [2.24, 2.45) is 5.73 Å². The highest BCUT2D eigenvalue weighted by Gasteiger charge is 2.28. The van der Waals surface area contributed by atoms with Crippen LogP contribution in [0.4, 0.5) is 4.39 Å². The summed E-state index contributed by atoms with van der Waals surface area (Å²) in [6.45, 7) is 0. The Morgan fingerprint density at radius 3 is 2.95 bits per heavy atom. The molecule has 0 amide bonds. The second-order valence-electron chi connectivity index (χ2n) is 5.49. The summed E-state index contributed by atoms with van der Waals surface area (Å²) in [5.41, 5.74) is 6.57. The molecule has 0 radical (unpaired) electrons. The van der Waals surface area contributed by atoms with E-state index in [-0.39, 0.29) is 23.4 Å². The molecule has 1 heterocycles. The van der Waals surface area contributed by atoms with E-state index in [4.69, 9.17) is 21.9 Å². The topological polar surface area (TPSA) is 64.9 Å². The number of halogens is 2. The van der Waals surface area contributed by atoms with Crippen LogP contribution < -0.4 is 5.73 Å². The van der Waals surface area contributed by atoms with Crippen molar-refractivity contribution >= 4 is 11.6 Å². The Morgan fingerprint density at radius 1 is 1.33 bits per heavy atom. The molecule has 0 aliphatic heterocycles. The summed E-state index contributed by atoms with van der Waals surface area (Å²) in [6.07, 6.45) is 4.48. The average molecular weight is 310 g/mol. The number of aromatic nitrogens is 2. The molecule has 21 heavy (non-hydrogen) atoms. The van der Waals surface area contributed by atoms with Crippen LogP contribution in [0, 0.1) is 5.82 Å². The van der Waals surface area contributed by atoms with Gasteiger partial charge in [-0.05, 0) is 24.5 Å². The molecule has 0 spiro atoms. The molecule has 6 heteroatoms. The van der Waals surface area contributed by atoms with Crippen molar-refractivity contribution < 1.29 is 8.91 Å². The first-order chi connectivity index (χ1) is 10.1. The predicted molar refractivity (Wildman–Crippen MR) is 77.7 cm³/mol. The maximum atomic E-state index is 13.9. The molecule has 1 aromatic heterocycles. The van der Waals surface area contributed by atoms with Crippen molar-refractivity contribution in [2.75, 3.05) is 0 Å². The molecular formula is C15H17ClFN3O. The molecule has 1 aliphatic rings. The van der Waals surface area contributed by atoms with Crippen molar-refractivity contribution in [3.05, 3.63) is 46.3 Å². The zero-order valence-corrected chi connectivity index (χ0v) is 12.3. The zero-order valence-electron chi connectivity index (χ0n) is 11.6. The second-order valence-corrected chi connectivity index (χ2v) is 5.90. The first-order valence-electron chi connectivity index (χ1n) is 7.16. The van der Waals surface area contributed by atoms with Crippen LogP contribution in [-0.4, -0.2) is 16.2 Å². The van der Waals surface area contributed by atoms with Gasteiger partial charge in [0.15, 0.2) is 5.82 Å². The SMILES string of the molecule is NC1CCCCC1c1nc(Cc2cccc(Cl)c2F)no1. The summed E-state index contributed by atoms with van der Waals surface area (Å²) in [6, 6.07) is 4.96. The van der Waals surface area contributed by atoms with Gasteiger partial charge in [-0.2, -0.15) is 4.98 Å². The van der Waals surface area contributed by atoms with Gasteiger partial charge in [-0.1, -0.05) is 41.7 Å². The number of hydrogen-bond acceptors (Lipinski definition) is 4. The van der Waals surface area contributed by atoms with Crippen LogP contribution >= 0.6 is 11.6 Å². The van der Waals surface area contributed by atoms with Gasteiger partial charge in [0, 0.05) is 12.5 Å². The molecule has 1 saturated carbocycles. The Kier molecular flexibility index (Phi) is 4.22. The minimum atomic E-state index is -0.431. The van der Waals surface area contributed by atoms with Crippen LogP contribution in [0.3, 0.4) is 0 Å². The molecule has 4 nitrogen and oxygen atoms in total. The van der Waals surface area contributed by atoms with E-state index < -0.39 is 5.82 Å². The second kappa shape index (κ2) is 6.12. The quantitative estimate of drug-likeness (QED) is 0.943. The normalized spacial score (nSPS) is 22.4. The fraction of sp³-hybridized carbons (Fsp3) is 0.467. The van der Waals surface area contributed by atoms with E-state index in [1.165, 1.54) is 6.07 Å². The summed E-state index contributed by atoms with van der Waals surface area (Å²) >= 11 is 5.77. The number of hydrogen-bond donors (Lipinski definition) is 1. The van der Waals surface area contributed by atoms with Crippen LogP contribution in [0.5, 0.6) is 0 Å².